The van der Waals surface area contributed by atoms with Gasteiger partial charge < -0.3 is 9.64 Å². The molecule has 1 aliphatic carbocycles. The lowest BCUT2D eigenvalue weighted by Gasteiger charge is -2.27. The van der Waals surface area contributed by atoms with E-state index in [1.54, 1.807) is 42.7 Å². The van der Waals surface area contributed by atoms with Crippen molar-refractivity contribution < 1.29 is 13.9 Å². The van der Waals surface area contributed by atoms with Crippen LogP contribution in [-0.4, -0.2) is 53.2 Å². The van der Waals surface area contributed by atoms with Crippen LogP contribution in [0.25, 0.3) is 0 Å². The first-order valence-electron chi connectivity index (χ1n) is 8.81. The van der Waals surface area contributed by atoms with Gasteiger partial charge in [0.05, 0.1) is 24.4 Å². The number of carbonyl (C=O) groups is 1. The molecule has 2 fully saturated rings. The number of aromatic nitrogens is 2. The molecule has 0 spiro atoms. The molecular formula is C19H21FN4O2. The Hall–Kier alpha value is -2.54. The topological polar surface area (TPSA) is 58.6 Å². The highest BCUT2D eigenvalue weighted by Crippen LogP contribution is 2.45. The van der Waals surface area contributed by atoms with E-state index in [2.05, 4.69) is 9.97 Å². The zero-order chi connectivity index (χ0) is 18.1. The number of urea groups is 1. The smallest absolute Gasteiger partial charge is 0.325 e. The molecule has 136 valence electrons. The second-order valence-corrected chi connectivity index (χ2v) is 6.69. The molecule has 0 N–H and O–H groups in total. The average Bonchev–Trinajstić information content (AvgIpc) is 3.18. The summed E-state index contributed by atoms with van der Waals surface area (Å²) in [5.74, 6) is -0.273. The van der Waals surface area contributed by atoms with Crippen molar-refractivity contribution in [1.29, 1.82) is 0 Å². The second kappa shape index (κ2) is 6.99. The summed E-state index contributed by atoms with van der Waals surface area (Å²) >= 11 is 0. The molecule has 1 saturated heterocycles. The van der Waals surface area contributed by atoms with Gasteiger partial charge in [-0.2, -0.15) is 0 Å². The molecule has 0 radical (unpaired) electrons. The molecule has 1 aromatic carbocycles. The van der Waals surface area contributed by atoms with Gasteiger partial charge in [-0.1, -0.05) is 6.07 Å². The summed E-state index contributed by atoms with van der Waals surface area (Å²) in [6.45, 7) is 0.997. The minimum Gasteiger partial charge on any atom is -0.383 e. The highest BCUT2D eigenvalue weighted by molar-refractivity contribution is 5.96. The van der Waals surface area contributed by atoms with Gasteiger partial charge in [0, 0.05) is 43.9 Å². The van der Waals surface area contributed by atoms with E-state index in [0.717, 1.165) is 18.5 Å². The number of halogens is 1. The van der Waals surface area contributed by atoms with Crippen molar-refractivity contribution in [2.24, 2.45) is 0 Å². The lowest BCUT2D eigenvalue weighted by Crippen LogP contribution is -2.38. The van der Waals surface area contributed by atoms with Crippen LogP contribution in [0.5, 0.6) is 0 Å². The molecular weight excluding hydrogens is 335 g/mol. The summed E-state index contributed by atoms with van der Waals surface area (Å²) in [5, 5.41) is 0. The fourth-order valence-corrected chi connectivity index (χ4v) is 4.24. The first kappa shape index (κ1) is 16.9. The molecule has 26 heavy (non-hydrogen) atoms. The summed E-state index contributed by atoms with van der Waals surface area (Å²) in [5.41, 5.74) is 1.46. The van der Waals surface area contributed by atoms with Crippen molar-refractivity contribution in [3.63, 3.8) is 0 Å². The van der Waals surface area contributed by atoms with Crippen molar-refractivity contribution >= 4 is 11.7 Å². The van der Waals surface area contributed by atoms with E-state index < -0.39 is 0 Å². The highest BCUT2D eigenvalue weighted by atomic mass is 19.1. The van der Waals surface area contributed by atoms with Gasteiger partial charge in [0.1, 0.15) is 5.82 Å². The molecule has 6 nitrogen and oxygen atoms in total. The predicted molar refractivity (Wildman–Crippen MR) is 94.4 cm³/mol. The molecule has 2 amide bonds. The van der Waals surface area contributed by atoms with Crippen molar-refractivity contribution in [3.8, 4) is 0 Å². The molecule has 0 unspecified atom stereocenters. The normalized spacial score (nSPS) is 25.0. The zero-order valence-electron chi connectivity index (χ0n) is 14.6. The first-order chi connectivity index (χ1) is 12.7. The SMILES string of the molecule is COCCN1C(=O)N(c2cccc(F)c2)[C@@H]2[C@H](c3cnccn3)CC[C@@H]21. The van der Waals surface area contributed by atoms with Crippen LogP contribution in [0.4, 0.5) is 14.9 Å². The van der Waals surface area contributed by atoms with Gasteiger partial charge in [0.2, 0.25) is 0 Å². The van der Waals surface area contributed by atoms with Gasteiger partial charge in [-0.25, -0.2) is 9.18 Å². The number of methoxy groups -OCH3 is 1. The van der Waals surface area contributed by atoms with Gasteiger partial charge in [0.15, 0.2) is 0 Å². The number of hydrogen-bond acceptors (Lipinski definition) is 4. The lowest BCUT2D eigenvalue weighted by atomic mass is 9.97. The maximum Gasteiger partial charge on any atom is 0.325 e. The Morgan fingerprint density at radius 1 is 1.31 bits per heavy atom. The minimum atomic E-state index is -0.351. The third kappa shape index (κ3) is 2.82. The Morgan fingerprint density at radius 2 is 2.19 bits per heavy atom. The molecule has 3 atom stereocenters. The van der Waals surface area contributed by atoms with Gasteiger partial charge >= 0.3 is 6.03 Å². The van der Waals surface area contributed by atoms with Crippen LogP contribution in [0.1, 0.15) is 24.5 Å². The fourth-order valence-electron chi connectivity index (χ4n) is 4.24. The number of carbonyl (C=O) groups excluding carboxylic acids is 1. The number of fused-ring (bicyclic) bond motifs is 1. The van der Waals surface area contributed by atoms with Crippen LogP contribution in [0, 0.1) is 5.82 Å². The molecule has 2 heterocycles. The van der Waals surface area contributed by atoms with Crippen LogP contribution in [-0.2, 0) is 4.74 Å². The quantitative estimate of drug-likeness (QED) is 0.827. The summed E-state index contributed by atoms with van der Waals surface area (Å²) in [6.07, 6.45) is 6.88. The van der Waals surface area contributed by atoms with E-state index in [4.69, 9.17) is 4.74 Å². The Balaban J connectivity index is 1.73. The number of amides is 2. The van der Waals surface area contributed by atoms with Crippen LogP contribution in [0.15, 0.2) is 42.9 Å². The second-order valence-electron chi connectivity index (χ2n) is 6.69. The fraction of sp³-hybridized carbons (Fsp3) is 0.421. The molecule has 7 heteroatoms. The number of benzene rings is 1. The van der Waals surface area contributed by atoms with Crippen LogP contribution in [0.2, 0.25) is 0 Å². The molecule has 1 aromatic heterocycles. The maximum absolute atomic E-state index is 13.8. The van der Waals surface area contributed by atoms with Crippen molar-refractivity contribution in [2.45, 2.75) is 30.8 Å². The van der Waals surface area contributed by atoms with Crippen molar-refractivity contribution in [2.75, 3.05) is 25.2 Å². The lowest BCUT2D eigenvalue weighted by molar-refractivity contribution is 0.146. The Labute approximate surface area is 151 Å². The molecule has 0 bridgehead atoms. The van der Waals surface area contributed by atoms with E-state index in [0.29, 0.717) is 18.8 Å². The number of ether oxygens (including phenoxy) is 1. The Bertz CT molecular complexity index is 788. The van der Waals surface area contributed by atoms with E-state index in [1.807, 2.05) is 4.90 Å². The van der Waals surface area contributed by atoms with Crippen LogP contribution >= 0.6 is 0 Å². The van der Waals surface area contributed by atoms with Crippen LogP contribution in [0.3, 0.4) is 0 Å². The number of nitrogens with zero attached hydrogens (tertiary/aromatic N) is 4. The molecule has 1 aliphatic heterocycles. The predicted octanol–water partition coefficient (Wildman–Crippen LogP) is 2.82. The van der Waals surface area contributed by atoms with Gasteiger partial charge in [-0.05, 0) is 31.0 Å². The standard InChI is InChI=1S/C19H21FN4O2/c1-26-10-9-23-17-6-5-15(16-12-21-7-8-22-16)18(17)24(19(23)25)14-4-2-3-13(20)11-14/h2-4,7-8,11-12,15,17-18H,5-6,9-10H2,1H3/t15-,17-,18+/m0/s1. The van der Waals surface area contributed by atoms with Crippen molar-refractivity contribution in [1.82, 2.24) is 14.9 Å². The number of anilines is 1. The number of hydrogen-bond donors (Lipinski definition) is 0. The number of rotatable bonds is 5. The Morgan fingerprint density at radius 3 is 2.92 bits per heavy atom. The monoisotopic (exact) mass is 356 g/mol. The average molecular weight is 356 g/mol. The third-order valence-corrected chi connectivity index (χ3v) is 5.32. The van der Waals surface area contributed by atoms with Gasteiger partial charge in [-0.15, -0.1) is 0 Å². The highest BCUT2D eigenvalue weighted by Gasteiger charge is 2.53. The summed E-state index contributed by atoms with van der Waals surface area (Å²) < 4.78 is 19.0. The first-order valence-corrected chi connectivity index (χ1v) is 8.81. The van der Waals surface area contributed by atoms with Gasteiger partial charge in [-0.3, -0.25) is 14.9 Å². The van der Waals surface area contributed by atoms with Gasteiger partial charge in [0.25, 0.3) is 0 Å². The molecule has 2 aliphatic rings. The Kier molecular flexibility index (Phi) is 4.55. The molecule has 4 rings (SSSR count). The van der Waals surface area contributed by atoms with E-state index >= 15 is 0 Å². The third-order valence-electron chi connectivity index (χ3n) is 5.32. The van der Waals surface area contributed by atoms with E-state index in [-0.39, 0.29) is 29.8 Å². The maximum atomic E-state index is 13.8. The van der Waals surface area contributed by atoms with Crippen LogP contribution < -0.4 is 4.90 Å². The summed E-state index contributed by atoms with van der Waals surface area (Å²) in [4.78, 5) is 25.4. The van der Waals surface area contributed by atoms with E-state index in [9.17, 15) is 9.18 Å². The summed E-state index contributed by atoms with van der Waals surface area (Å²) in [6, 6.07) is 6.10. The summed E-state index contributed by atoms with van der Waals surface area (Å²) in [7, 11) is 1.62. The largest absolute Gasteiger partial charge is 0.383 e. The molecule has 2 aromatic rings. The van der Waals surface area contributed by atoms with Crippen molar-refractivity contribution in [3.05, 3.63) is 54.4 Å². The van der Waals surface area contributed by atoms with E-state index in [1.165, 1.54) is 12.1 Å². The zero-order valence-corrected chi connectivity index (χ0v) is 14.6. The molecule has 1 saturated carbocycles. The minimum absolute atomic E-state index is 0.0629.